The third kappa shape index (κ3) is 4.52. The van der Waals surface area contributed by atoms with E-state index in [0.29, 0.717) is 30.4 Å². The topological polar surface area (TPSA) is 65.0 Å². The van der Waals surface area contributed by atoms with Crippen molar-refractivity contribution < 1.29 is 8.42 Å². The Morgan fingerprint density at radius 2 is 1.73 bits per heavy atom. The number of guanidine groups is 1. The van der Waals surface area contributed by atoms with Crippen LogP contribution in [0.5, 0.6) is 0 Å². The number of nitrogens with one attached hydrogen (secondary N) is 1. The Kier molecular flexibility index (Phi) is 6.39. The molecule has 1 unspecified atom stereocenters. The number of rotatable bonds is 5. The molecule has 0 bridgehead atoms. The molecule has 2 fully saturated rings. The van der Waals surface area contributed by atoms with E-state index in [1.807, 2.05) is 19.2 Å². The lowest BCUT2D eigenvalue weighted by molar-refractivity contribution is 0.477. The monoisotopic (exact) mass is 426 g/mol. The Balaban J connectivity index is 1.34. The summed E-state index contributed by atoms with van der Waals surface area (Å²) in [4.78, 5) is 7.12. The van der Waals surface area contributed by atoms with Crippen molar-refractivity contribution in [1.82, 2.24) is 14.5 Å². The minimum atomic E-state index is -3.36. The molecule has 0 spiro atoms. The molecule has 2 aliphatic heterocycles. The van der Waals surface area contributed by atoms with Gasteiger partial charge in [0.2, 0.25) is 10.0 Å². The fourth-order valence-corrected chi connectivity index (χ4v) is 5.84. The molecule has 0 aromatic heterocycles. The van der Waals surface area contributed by atoms with Gasteiger partial charge < -0.3 is 10.2 Å². The van der Waals surface area contributed by atoms with E-state index in [4.69, 9.17) is 0 Å². The first-order valence-electron chi connectivity index (χ1n) is 10.7. The van der Waals surface area contributed by atoms with Crippen LogP contribution in [0, 0.1) is 0 Å². The van der Waals surface area contributed by atoms with E-state index in [1.54, 1.807) is 16.4 Å². The number of nitrogens with zero attached hydrogens (tertiary/aromatic N) is 3. The molecular formula is C23H30N4O2S. The van der Waals surface area contributed by atoms with Gasteiger partial charge in [0, 0.05) is 45.7 Å². The normalized spacial score (nSPS) is 20.6. The number of sulfonamides is 1. The molecule has 0 amide bonds. The summed E-state index contributed by atoms with van der Waals surface area (Å²) in [5.41, 5.74) is 2.42. The first kappa shape index (κ1) is 20.9. The van der Waals surface area contributed by atoms with Crippen molar-refractivity contribution in [2.24, 2.45) is 4.99 Å². The summed E-state index contributed by atoms with van der Waals surface area (Å²) >= 11 is 0. The highest BCUT2D eigenvalue weighted by atomic mass is 32.2. The molecule has 30 heavy (non-hydrogen) atoms. The quantitative estimate of drug-likeness (QED) is 0.590. The van der Waals surface area contributed by atoms with Crippen molar-refractivity contribution in [2.45, 2.75) is 36.6 Å². The zero-order valence-corrected chi connectivity index (χ0v) is 18.3. The van der Waals surface area contributed by atoms with Gasteiger partial charge in [0.15, 0.2) is 5.96 Å². The molecule has 7 heteroatoms. The molecule has 2 aliphatic rings. The SMILES string of the molecule is CN=C(NCc1ccc(S(=O)(=O)N2CCCC2)cc1)N1CCC(c2ccccc2)C1. The first-order valence-corrected chi connectivity index (χ1v) is 12.1. The maximum atomic E-state index is 12.7. The zero-order chi connectivity index (χ0) is 21.0. The molecule has 0 saturated carbocycles. The molecule has 0 radical (unpaired) electrons. The van der Waals surface area contributed by atoms with Gasteiger partial charge in [0.25, 0.3) is 0 Å². The lowest BCUT2D eigenvalue weighted by Gasteiger charge is -2.22. The van der Waals surface area contributed by atoms with Gasteiger partial charge in [-0.2, -0.15) is 4.31 Å². The van der Waals surface area contributed by atoms with Gasteiger partial charge in [-0.05, 0) is 42.5 Å². The van der Waals surface area contributed by atoms with E-state index < -0.39 is 10.0 Å². The largest absolute Gasteiger partial charge is 0.352 e. The van der Waals surface area contributed by atoms with Crippen LogP contribution in [0.2, 0.25) is 0 Å². The van der Waals surface area contributed by atoms with Gasteiger partial charge in [0.05, 0.1) is 4.90 Å². The molecule has 1 N–H and O–H groups in total. The van der Waals surface area contributed by atoms with Crippen LogP contribution >= 0.6 is 0 Å². The number of hydrogen-bond donors (Lipinski definition) is 1. The van der Waals surface area contributed by atoms with Crippen molar-refractivity contribution in [2.75, 3.05) is 33.2 Å². The van der Waals surface area contributed by atoms with Crippen LogP contribution in [0.3, 0.4) is 0 Å². The average Bonchev–Trinajstić information content (AvgIpc) is 3.48. The van der Waals surface area contributed by atoms with Crippen LogP contribution in [0.15, 0.2) is 64.5 Å². The summed E-state index contributed by atoms with van der Waals surface area (Å²) in [6.07, 6.45) is 3.01. The molecule has 2 heterocycles. The molecule has 0 aliphatic carbocycles. The lowest BCUT2D eigenvalue weighted by Crippen LogP contribution is -2.39. The van der Waals surface area contributed by atoms with Crippen molar-refractivity contribution in [3.63, 3.8) is 0 Å². The maximum absolute atomic E-state index is 12.7. The van der Waals surface area contributed by atoms with Gasteiger partial charge >= 0.3 is 0 Å². The Labute approximate surface area is 179 Å². The zero-order valence-electron chi connectivity index (χ0n) is 17.5. The number of hydrogen-bond acceptors (Lipinski definition) is 3. The Morgan fingerprint density at radius 3 is 2.40 bits per heavy atom. The van der Waals surface area contributed by atoms with E-state index in [1.165, 1.54) is 5.56 Å². The highest BCUT2D eigenvalue weighted by Crippen LogP contribution is 2.27. The molecule has 6 nitrogen and oxygen atoms in total. The third-order valence-corrected chi connectivity index (χ3v) is 7.96. The van der Waals surface area contributed by atoms with E-state index in [0.717, 1.165) is 43.9 Å². The smallest absolute Gasteiger partial charge is 0.243 e. The Hall–Kier alpha value is -2.38. The van der Waals surface area contributed by atoms with Crippen molar-refractivity contribution >= 4 is 16.0 Å². The molecule has 2 saturated heterocycles. The second-order valence-corrected chi connectivity index (χ2v) is 9.94. The molecule has 160 valence electrons. The second-order valence-electron chi connectivity index (χ2n) is 8.00. The summed E-state index contributed by atoms with van der Waals surface area (Å²) in [5, 5.41) is 3.43. The van der Waals surface area contributed by atoms with E-state index >= 15 is 0 Å². The first-order chi connectivity index (χ1) is 14.6. The predicted molar refractivity (Wildman–Crippen MR) is 120 cm³/mol. The van der Waals surface area contributed by atoms with Crippen molar-refractivity contribution in [3.8, 4) is 0 Å². The van der Waals surface area contributed by atoms with E-state index in [-0.39, 0.29) is 0 Å². The fraction of sp³-hybridized carbons (Fsp3) is 0.435. The summed E-state index contributed by atoms with van der Waals surface area (Å²) in [5.74, 6) is 1.42. The van der Waals surface area contributed by atoms with Crippen molar-refractivity contribution in [3.05, 3.63) is 65.7 Å². The van der Waals surface area contributed by atoms with Crippen LogP contribution in [-0.2, 0) is 16.6 Å². The molecular weight excluding hydrogens is 396 g/mol. The van der Waals surface area contributed by atoms with Gasteiger partial charge in [-0.3, -0.25) is 4.99 Å². The summed E-state index contributed by atoms with van der Waals surface area (Å²) < 4.78 is 26.9. The van der Waals surface area contributed by atoms with Gasteiger partial charge in [0.1, 0.15) is 0 Å². The average molecular weight is 427 g/mol. The van der Waals surface area contributed by atoms with E-state index in [2.05, 4.69) is 45.5 Å². The standard InChI is InChI=1S/C23H30N4O2S/c1-24-23(26-16-13-21(18-26)20-7-3-2-4-8-20)25-17-19-9-11-22(12-10-19)30(28,29)27-14-5-6-15-27/h2-4,7-12,21H,5-6,13-18H2,1H3,(H,24,25). The van der Waals surface area contributed by atoms with Gasteiger partial charge in [-0.1, -0.05) is 42.5 Å². The van der Waals surface area contributed by atoms with E-state index in [9.17, 15) is 8.42 Å². The number of benzene rings is 2. The summed E-state index contributed by atoms with van der Waals surface area (Å²) in [6.45, 7) is 3.80. The minimum absolute atomic E-state index is 0.378. The van der Waals surface area contributed by atoms with Crippen LogP contribution in [0.25, 0.3) is 0 Å². The Morgan fingerprint density at radius 1 is 1.03 bits per heavy atom. The molecule has 2 aromatic carbocycles. The highest BCUT2D eigenvalue weighted by molar-refractivity contribution is 7.89. The number of aliphatic imine (C=N–C) groups is 1. The van der Waals surface area contributed by atoms with Crippen LogP contribution < -0.4 is 5.32 Å². The molecule has 4 rings (SSSR count). The second kappa shape index (κ2) is 9.18. The summed E-state index contributed by atoms with van der Waals surface area (Å²) in [6, 6.07) is 17.9. The minimum Gasteiger partial charge on any atom is -0.352 e. The maximum Gasteiger partial charge on any atom is 0.243 e. The lowest BCUT2D eigenvalue weighted by atomic mass is 9.99. The number of likely N-dealkylation sites (tertiary alicyclic amines) is 1. The molecule has 2 aromatic rings. The van der Waals surface area contributed by atoms with Crippen molar-refractivity contribution in [1.29, 1.82) is 0 Å². The van der Waals surface area contributed by atoms with Crippen LogP contribution in [0.1, 0.15) is 36.3 Å². The van der Waals surface area contributed by atoms with Crippen LogP contribution in [-0.4, -0.2) is 56.8 Å². The van der Waals surface area contributed by atoms with Gasteiger partial charge in [-0.25, -0.2) is 8.42 Å². The van der Waals surface area contributed by atoms with Crippen LogP contribution in [0.4, 0.5) is 0 Å². The summed E-state index contributed by atoms with van der Waals surface area (Å²) in [7, 11) is -1.55. The predicted octanol–water partition coefficient (Wildman–Crippen LogP) is 3.04. The van der Waals surface area contributed by atoms with Gasteiger partial charge in [-0.15, -0.1) is 0 Å². The molecule has 1 atom stereocenters. The fourth-order valence-electron chi connectivity index (χ4n) is 4.32. The Bertz CT molecular complexity index is 968. The third-order valence-electron chi connectivity index (χ3n) is 6.05. The highest BCUT2D eigenvalue weighted by Gasteiger charge is 2.27.